The van der Waals surface area contributed by atoms with Crippen LogP contribution in [0.1, 0.15) is 17.8 Å². The van der Waals surface area contributed by atoms with E-state index in [1.54, 1.807) is 18.3 Å². The molecule has 0 saturated carbocycles. The predicted molar refractivity (Wildman–Crippen MR) is 55.6 cm³/mol. The Morgan fingerprint density at radius 3 is 2.73 bits per heavy atom. The highest BCUT2D eigenvalue weighted by molar-refractivity contribution is 14.1. The summed E-state index contributed by atoms with van der Waals surface area (Å²) in [5.74, 6) is 0. The highest BCUT2D eigenvalue weighted by atomic mass is 127. The molecule has 0 spiro atoms. The lowest BCUT2D eigenvalue weighted by Gasteiger charge is -2.12. The number of halogens is 1. The lowest BCUT2D eigenvalue weighted by Crippen LogP contribution is -2.22. The molecule has 2 atom stereocenters. The molecule has 1 heterocycles. The van der Waals surface area contributed by atoms with Crippen molar-refractivity contribution in [2.45, 2.75) is 19.1 Å². The standard InChI is InChI=1S/C7H10INOS/c1-4(10)6(9)7-5(8)2-3-11-7/h2-4,6,10H,9H2,1H3/t4-,6-/m0/s1. The second kappa shape index (κ2) is 3.84. The van der Waals surface area contributed by atoms with Crippen molar-refractivity contribution in [1.82, 2.24) is 0 Å². The Labute approximate surface area is 83.6 Å². The first-order valence-electron chi connectivity index (χ1n) is 3.29. The van der Waals surface area contributed by atoms with E-state index in [2.05, 4.69) is 22.6 Å². The molecule has 1 aromatic heterocycles. The van der Waals surface area contributed by atoms with Crippen molar-refractivity contribution >= 4 is 33.9 Å². The molecule has 4 heteroatoms. The third kappa shape index (κ3) is 2.14. The van der Waals surface area contributed by atoms with E-state index in [0.717, 1.165) is 8.45 Å². The molecule has 0 aliphatic carbocycles. The first kappa shape index (κ1) is 9.44. The molecule has 0 aliphatic heterocycles. The van der Waals surface area contributed by atoms with E-state index in [1.165, 1.54) is 0 Å². The monoisotopic (exact) mass is 283 g/mol. The Bertz CT molecular complexity index is 236. The number of aliphatic hydroxyl groups is 1. The van der Waals surface area contributed by atoms with Gasteiger partial charge < -0.3 is 10.8 Å². The smallest absolute Gasteiger partial charge is 0.0713 e. The van der Waals surface area contributed by atoms with Crippen LogP contribution in [0.15, 0.2) is 11.4 Å². The van der Waals surface area contributed by atoms with Crippen molar-refractivity contribution in [1.29, 1.82) is 0 Å². The second-order valence-electron chi connectivity index (χ2n) is 2.40. The fourth-order valence-corrected chi connectivity index (χ4v) is 2.81. The van der Waals surface area contributed by atoms with E-state index in [0.29, 0.717) is 0 Å². The van der Waals surface area contributed by atoms with Crippen molar-refractivity contribution in [3.63, 3.8) is 0 Å². The highest BCUT2D eigenvalue weighted by Crippen LogP contribution is 2.26. The van der Waals surface area contributed by atoms with Gasteiger partial charge in [0.2, 0.25) is 0 Å². The maximum absolute atomic E-state index is 9.20. The van der Waals surface area contributed by atoms with Gasteiger partial charge in [-0.2, -0.15) is 0 Å². The van der Waals surface area contributed by atoms with Gasteiger partial charge in [-0.25, -0.2) is 0 Å². The molecule has 1 rings (SSSR count). The molecular formula is C7H10INOS. The van der Waals surface area contributed by atoms with E-state index in [1.807, 2.05) is 11.4 Å². The maximum Gasteiger partial charge on any atom is 0.0713 e. The van der Waals surface area contributed by atoms with Gasteiger partial charge in [0.15, 0.2) is 0 Å². The summed E-state index contributed by atoms with van der Waals surface area (Å²) in [6.07, 6.45) is -0.470. The lowest BCUT2D eigenvalue weighted by molar-refractivity contribution is 0.165. The molecule has 1 aromatic rings. The fraction of sp³-hybridized carbons (Fsp3) is 0.429. The van der Waals surface area contributed by atoms with Gasteiger partial charge in [-0.1, -0.05) is 0 Å². The van der Waals surface area contributed by atoms with E-state index in [9.17, 15) is 5.11 Å². The molecule has 0 bridgehead atoms. The average Bonchev–Trinajstić information content (AvgIpc) is 2.33. The van der Waals surface area contributed by atoms with Crippen LogP contribution in [-0.4, -0.2) is 11.2 Å². The zero-order valence-corrected chi connectivity index (χ0v) is 9.09. The van der Waals surface area contributed by atoms with Gasteiger partial charge in [-0.3, -0.25) is 0 Å². The quantitative estimate of drug-likeness (QED) is 0.812. The molecule has 0 aliphatic rings. The number of aliphatic hydroxyl groups excluding tert-OH is 1. The second-order valence-corrected chi connectivity index (χ2v) is 4.51. The van der Waals surface area contributed by atoms with Crippen molar-refractivity contribution in [3.05, 3.63) is 19.9 Å². The Hall–Kier alpha value is 0.350. The molecule has 0 unspecified atom stereocenters. The SMILES string of the molecule is C[C@H](O)[C@H](N)c1sccc1I. The molecule has 0 aromatic carbocycles. The van der Waals surface area contributed by atoms with Crippen LogP contribution in [0, 0.1) is 3.57 Å². The van der Waals surface area contributed by atoms with Gasteiger partial charge in [0, 0.05) is 8.45 Å². The van der Waals surface area contributed by atoms with E-state index < -0.39 is 6.10 Å². The van der Waals surface area contributed by atoms with Crippen LogP contribution in [0.3, 0.4) is 0 Å². The summed E-state index contributed by atoms with van der Waals surface area (Å²) in [4.78, 5) is 1.07. The Kier molecular flexibility index (Phi) is 3.29. The largest absolute Gasteiger partial charge is 0.391 e. The first-order chi connectivity index (χ1) is 5.13. The van der Waals surface area contributed by atoms with Crippen LogP contribution < -0.4 is 5.73 Å². The van der Waals surface area contributed by atoms with Crippen molar-refractivity contribution in [2.75, 3.05) is 0 Å². The molecule has 0 saturated heterocycles. The summed E-state index contributed by atoms with van der Waals surface area (Å²) >= 11 is 3.82. The number of rotatable bonds is 2. The van der Waals surface area contributed by atoms with Crippen LogP contribution >= 0.6 is 33.9 Å². The van der Waals surface area contributed by atoms with Crippen molar-refractivity contribution in [3.8, 4) is 0 Å². The molecule has 11 heavy (non-hydrogen) atoms. The summed E-state index contributed by atoms with van der Waals surface area (Å²) in [5.41, 5.74) is 5.74. The molecule has 0 fully saturated rings. The van der Waals surface area contributed by atoms with Crippen LogP contribution in [0.5, 0.6) is 0 Å². The van der Waals surface area contributed by atoms with E-state index >= 15 is 0 Å². The summed E-state index contributed by atoms with van der Waals surface area (Å²) in [5, 5.41) is 11.2. The molecule has 3 N–H and O–H groups in total. The average molecular weight is 283 g/mol. The minimum Gasteiger partial charge on any atom is -0.391 e. The van der Waals surface area contributed by atoms with Gasteiger partial charge in [0.05, 0.1) is 12.1 Å². The van der Waals surface area contributed by atoms with Crippen molar-refractivity contribution < 1.29 is 5.11 Å². The van der Waals surface area contributed by atoms with Gasteiger partial charge >= 0.3 is 0 Å². The van der Waals surface area contributed by atoms with Gasteiger partial charge in [0.25, 0.3) is 0 Å². The van der Waals surface area contributed by atoms with E-state index in [4.69, 9.17) is 5.73 Å². The lowest BCUT2D eigenvalue weighted by atomic mass is 10.2. The minimum atomic E-state index is -0.470. The fourth-order valence-electron chi connectivity index (χ4n) is 0.762. The summed E-state index contributed by atoms with van der Waals surface area (Å²) < 4.78 is 1.14. The van der Waals surface area contributed by atoms with Crippen LogP contribution in [0.25, 0.3) is 0 Å². The number of hydrogen-bond acceptors (Lipinski definition) is 3. The highest BCUT2D eigenvalue weighted by Gasteiger charge is 2.15. The number of nitrogens with two attached hydrogens (primary N) is 1. The van der Waals surface area contributed by atoms with Crippen LogP contribution in [0.4, 0.5) is 0 Å². The van der Waals surface area contributed by atoms with Gasteiger partial charge in [-0.15, -0.1) is 11.3 Å². The molecule has 62 valence electrons. The topological polar surface area (TPSA) is 46.2 Å². The number of thiophene rings is 1. The Morgan fingerprint density at radius 2 is 2.36 bits per heavy atom. The maximum atomic E-state index is 9.20. The summed E-state index contributed by atoms with van der Waals surface area (Å²) in [7, 11) is 0. The minimum absolute atomic E-state index is 0.234. The van der Waals surface area contributed by atoms with E-state index in [-0.39, 0.29) is 6.04 Å². The Balaban J connectivity index is 2.84. The first-order valence-corrected chi connectivity index (χ1v) is 5.25. The third-order valence-electron chi connectivity index (χ3n) is 1.47. The number of hydrogen-bond donors (Lipinski definition) is 2. The Morgan fingerprint density at radius 1 is 1.73 bits per heavy atom. The molecular weight excluding hydrogens is 273 g/mol. The summed E-state index contributed by atoms with van der Waals surface area (Å²) in [6.45, 7) is 1.71. The molecule has 0 amide bonds. The zero-order chi connectivity index (χ0) is 8.43. The summed E-state index contributed by atoms with van der Waals surface area (Å²) in [6, 6.07) is 1.77. The van der Waals surface area contributed by atoms with Crippen LogP contribution in [-0.2, 0) is 0 Å². The van der Waals surface area contributed by atoms with Crippen LogP contribution in [0.2, 0.25) is 0 Å². The third-order valence-corrected chi connectivity index (χ3v) is 3.79. The molecule has 2 nitrogen and oxygen atoms in total. The van der Waals surface area contributed by atoms with Gasteiger partial charge in [0.1, 0.15) is 0 Å². The normalized spacial score (nSPS) is 16.4. The van der Waals surface area contributed by atoms with Crippen molar-refractivity contribution in [2.24, 2.45) is 5.73 Å². The molecule has 0 radical (unpaired) electrons. The predicted octanol–water partition coefficient (Wildman–Crippen LogP) is 1.73. The zero-order valence-electron chi connectivity index (χ0n) is 6.12. The van der Waals surface area contributed by atoms with Gasteiger partial charge in [-0.05, 0) is 41.0 Å².